The van der Waals surface area contributed by atoms with Crippen molar-refractivity contribution in [3.8, 4) is 34.3 Å². The van der Waals surface area contributed by atoms with Gasteiger partial charge >= 0.3 is 0 Å². The molecule has 2 heterocycles. The maximum Gasteiger partial charge on any atom is 0.228 e. The summed E-state index contributed by atoms with van der Waals surface area (Å²) in [5.41, 5.74) is 3.00. The molecule has 24 heavy (non-hydrogen) atoms. The molecule has 0 bridgehead atoms. The molecule has 0 spiro atoms. The van der Waals surface area contributed by atoms with E-state index in [1.807, 2.05) is 31.3 Å². The minimum absolute atomic E-state index is 0.150. The highest BCUT2D eigenvalue weighted by Gasteiger charge is 2.30. The molecular weight excluding hydrogens is 302 g/mol. The molecule has 4 aromatic rings. The first-order valence-electron chi connectivity index (χ1n) is 7.72. The van der Waals surface area contributed by atoms with E-state index in [0.29, 0.717) is 11.5 Å². The molecule has 3 aromatic carbocycles. The van der Waals surface area contributed by atoms with Crippen molar-refractivity contribution >= 4 is 21.7 Å². The van der Waals surface area contributed by atoms with Crippen LogP contribution in [0.5, 0.6) is 23.0 Å². The molecule has 0 aliphatic carbocycles. The number of aromatic nitrogens is 1. The summed E-state index contributed by atoms with van der Waals surface area (Å²) in [6.45, 7) is 0. The lowest BCUT2D eigenvalue weighted by atomic mass is 9.96. The van der Waals surface area contributed by atoms with Gasteiger partial charge in [0.2, 0.25) is 11.2 Å². The summed E-state index contributed by atoms with van der Waals surface area (Å²) in [5.74, 6) is 1.49. The van der Waals surface area contributed by atoms with Crippen molar-refractivity contribution in [3.63, 3.8) is 0 Å². The zero-order valence-corrected chi connectivity index (χ0v) is 12.9. The van der Waals surface area contributed by atoms with Crippen molar-refractivity contribution in [3.05, 3.63) is 54.6 Å². The lowest BCUT2D eigenvalue weighted by Crippen LogP contribution is -2.33. The third-order valence-corrected chi connectivity index (χ3v) is 4.65. The predicted octanol–water partition coefficient (Wildman–Crippen LogP) is 4.00. The van der Waals surface area contributed by atoms with E-state index in [1.54, 1.807) is 24.3 Å². The SMILES string of the molecule is C[n+]1c2c3c(cc(O)cc3c3ccccc31)Oc1cc(O)ccc1-2. The van der Waals surface area contributed by atoms with Gasteiger partial charge in [-0.25, -0.2) is 0 Å². The van der Waals surface area contributed by atoms with Gasteiger partial charge in [-0.2, -0.15) is 4.57 Å². The van der Waals surface area contributed by atoms with Gasteiger partial charge in [-0.15, -0.1) is 0 Å². The van der Waals surface area contributed by atoms with Crippen LogP contribution in [-0.4, -0.2) is 10.2 Å². The van der Waals surface area contributed by atoms with Gasteiger partial charge in [0, 0.05) is 23.6 Å². The molecule has 1 aromatic heterocycles. The smallest absolute Gasteiger partial charge is 0.228 e. The highest BCUT2D eigenvalue weighted by molar-refractivity contribution is 6.13. The molecule has 116 valence electrons. The zero-order chi connectivity index (χ0) is 16.4. The number of pyridine rings is 1. The molecule has 0 saturated heterocycles. The maximum absolute atomic E-state index is 10.2. The van der Waals surface area contributed by atoms with E-state index in [0.717, 1.165) is 32.9 Å². The fraction of sp³-hybridized carbons (Fsp3) is 0.0500. The van der Waals surface area contributed by atoms with Crippen molar-refractivity contribution < 1.29 is 19.5 Å². The quantitative estimate of drug-likeness (QED) is 0.335. The average molecular weight is 316 g/mol. The molecule has 0 saturated carbocycles. The van der Waals surface area contributed by atoms with E-state index in [4.69, 9.17) is 4.74 Å². The molecule has 4 nitrogen and oxygen atoms in total. The van der Waals surface area contributed by atoms with Gasteiger partial charge < -0.3 is 14.9 Å². The number of ether oxygens (including phenoxy) is 1. The Morgan fingerprint density at radius 1 is 0.833 bits per heavy atom. The summed E-state index contributed by atoms with van der Waals surface area (Å²) in [4.78, 5) is 0. The van der Waals surface area contributed by atoms with Crippen molar-refractivity contribution in [1.29, 1.82) is 0 Å². The van der Waals surface area contributed by atoms with Gasteiger partial charge in [0.15, 0.2) is 0 Å². The second-order valence-corrected chi connectivity index (χ2v) is 6.07. The molecule has 5 rings (SSSR count). The lowest BCUT2D eigenvalue weighted by Gasteiger charge is -2.20. The molecule has 4 heteroatoms. The van der Waals surface area contributed by atoms with Crippen LogP contribution in [0, 0.1) is 0 Å². The number of para-hydroxylation sites is 1. The van der Waals surface area contributed by atoms with Crippen LogP contribution in [0.15, 0.2) is 54.6 Å². The van der Waals surface area contributed by atoms with Crippen LogP contribution in [0.4, 0.5) is 0 Å². The Morgan fingerprint density at radius 2 is 1.62 bits per heavy atom. The summed E-state index contributed by atoms with van der Waals surface area (Å²) in [6, 6.07) is 16.6. The minimum Gasteiger partial charge on any atom is -0.508 e. The van der Waals surface area contributed by atoms with E-state index in [2.05, 4.69) is 10.6 Å². The van der Waals surface area contributed by atoms with E-state index in [9.17, 15) is 10.2 Å². The molecule has 0 amide bonds. The van der Waals surface area contributed by atoms with Crippen LogP contribution >= 0.6 is 0 Å². The molecule has 0 unspecified atom stereocenters. The highest BCUT2D eigenvalue weighted by Crippen LogP contribution is 2.48. The fourth-order valence-electron chi connectivity index (χ4n) is 3.65. The van der Waals surface area contributed by atoms with E-state index in [-0.39, 0.29) is 11.5 Å². The van der Waals surface area contributed by atoms with Crippen LogP contribution in [-0.2, 0) is 7.05 Å². The molecule has 0 fully saturated rings. The maximum atomic E-state index is 10.2. The molecule has 0 atom stereocenters. The number of phenolic OH excluding ortho intramolecular Hbond substituents is 2. The van der Waals surface area contributed by atoms with Crippen LogP contribution in [0.25, 0.3) is 32.9 Å². The van der Waals surface area contributed by atoms with Crippen molar-refractivity contribution in [2.45, 2.75) is 0 Å². The zero-order valence-electron chi connectivity index (χ0n) is 12.9. The molecular formula is C20H14NO3+. The Hall–Kier alpha value is -3.27. The summed E-state index contributed by atoms with van der Waals surface area (Å²) in [7, 11) is 2.02. The summed E-state index contributed by atoms with van der Waals surface area (Å²) >= 11 is 0. The molecule has 1 aliphatic heterocycles. The second kappa shape index (κ2) is 4.38. The second-order valence-electron chi connectivity index (χ2n) is 6.07. The summed E-state index contributed by atoms with van der Waals surface area (Å²) < 4.78 is 8.12. The third kappa shape index (κ3) is 1.60. The standard InChI is InChI=1S/C20H13NO3/c1-21-16-5-3-2-4-13(16)15-8-12(23)10-18-19(15)20(21)14-7-6-11(22)9-17(14)24-18/h2-10H,1H3,(H,22,23)/p+1. The van der Waals surface area contributed by atoms with E-state index >= 15 is 0 Å². The fourth-order valence-corrected chi connectivity index (χ4v) is 3.65. The first-order valence-corrected chi connectivity index (χ1v) is 7.72. The number of benzene rings is 3. The van der Waals surface area contributed by atoms with Gasteiger partial charge in [0.1, 0.15) is 30.0 Å². The highest BCUT2D eigenvalue weighted by atomic mass is 16.5. The van der Waals surface area contributed by atoms with Crippen molar-refractivity contribution in [2.75, 3.05) is 0 Å². The Kier molecular flexibility index (Phi) is 2.41. The number of nitrogens with zero attached hydrogens (tertiary/aromatic N) is 1. The topological polar surface area (TPSA) is 53.6 Å². The van der Waals surface area contributed by atoms with Gasteiger partial charge in [0.25, 0.3) is 0 Å². The van der Waals surface area contributed by atoms with Gasteiger partial charge in [-0.05, 0) is 24.3 Å². The molecule has 2 N–H and O–H groups in total. The van der Waals surface area contributed by atoms with Crippen LogP contribution < -0.4 is 9.30 Å². The van der Waals surface area contributed by atoms with Gasteiger partial charge in [-0.3, -0.25) is 0 Å². The average Bonchev–Trinajstić information content (AvgIpc) is 2.57. The van der Waals surface area contributed by atoms with Crippen LogP contribution in [0.1, 0.15) is 0 Å². The Morgan fingerprint density at radius 3 is 2.50 bits per heavy atom. The first kappa shape index (κ1) is 13.2. The predicted molar refractivity (Wildman–Crippen MR) is 91.5 cm³/mol. The largest absolute Gasteiger partial charge is 0.508 e. The van der Waals surface area contributed by atoms with Crippen LogP contribution in [0.3, 0.4) is 0 Å². The summed E-state index contributed by atoms with van der Waals surface area (Å²) in [6.07, 6.45) is 0. The Bertz CT molecular complexity index is 1160. The molecule has 1 aliphatic rings. The number of rotatable bonds is 0. The number of aromatic hydroxyl groups is 2. The third-order valence-electron chi connectivity index (χ3n) is 4.65. The summed E-state index contributed by atoms with van der Waals surface area (Å²) in [5, 5.41) is 22.9. The van der Waals surface area contributed by atoms with Gasteiger partial charge in [0.05, 0.1) is 16.3 Å². The Labute approximate surface area is 137 Å². The number of phenols is 2. The van der Waals surface area contributed by atoms with E-state index < -0.39 is 0 Å². The lowest BCUT2D eigenvalue weighted by molar-refractivity contribution is -0.632. The minimum atomic E-state index is 0.150. The van der Waals surface area contributed by atoms with Gasteiger partial charge in [-0.1, -0.05) is 12.1 Å². The number of hydrogen-bond donors (Lipinski definition) is 2. The number of hydrogen-bond acceptors (Lipinski definition) is 3. The van der Waals surface area contributed by atoms with Crippen LogP contribution in [0.2, 0.25) is 0 Å². The normalized spacial score (nSPS) is 12.2. The van der Waals surface area contributed by atoms with Crippen molar-refractivity contribution in [2.24, 2.45) is 7.05 Å². The molecule has 0 radical (unpaired) electrons. The Balaban J connectivity index is 2.08. The van der Waals surface area contributed by atoms with E-state index in [1.165, 1.54) is 0 Å². The van der Waals surface area contributed by atoms with Crippen molar-refractivity contribution in [1.82, 2.24) is 0 Å². The number of aryl methyl sites for hydroxylation is 1. The monoisotopic (exact) mass is 316 g/mol. The number of fused-ring (bicyclic) bond motifs is 4. The first-order chi connectivity index (χ1) is 11.6.